The quantitative estimate of drug-likeness (QED) is 0.596. The van der Waals surface area contributed by atoms with E-state index in [0.29, 0.717) is 17.4 Å². The van der Waals surface area contributed by atoms with Crippen LogP contribution in [0.25, 0.3) is 0 Å². The van der Waals surface area contributed by atoms with E-state index in [1.54, 1.807) is 18.2 Å². The number of rotatable bonds is 7. The molecule has 24 heavy (non-hydrogen) atoms. The first-order chi connectivity index (χ1) is 11.6. The van der Waals surface area contributed by atoms with E-state index in [-0.39, 0.29) is 11.6 Å². The van der Waals surface area contributed by atoms with E-state index >= 15 is 0 Å². The van der Waals surface area contributed by atoms with Crippen LogP contribution < -0.4 is 14.9 Å². The molecule has 7 heteroatoms. The molecule has 2 aromatic rings. The number of carbonyl (C=O) groups is 1. The fourth-order valence-electron chi connectivity index (χ4n) is 1.77. The van der Waals surface area contributed by atoms with Crippen LogP contribution in [0.3, 0.4) is 0 Å². The average Bonchev–Trinajstić information content (AvgIpc) is 2.58. The highest BCUT2D eigenvalue weighted by molar-refractivity contribution is 6.42. The summed E-state index contributed by atoms with van der Waals surface area (Å²) >= 11 is 11.8. The highest BCUT2D eigenvalue weighted by atomic mass is 35.5. The molecule has 0 spiro atoms. The molecule has 126 valence electrons. The van der Waals surface area contributed by atoms with Crippen molar-refractivity contribution in [2.24, 2.45) is 5.10 Å². The summed E-state index contributed by atoms with van der Waals surface area (Å²) < 4.78 is 10.7. The first-order valence-electron chi connectivity index (χ1n) is 7.21. The van der Waals surface area contributed by atoms with Crippen LogP contribution in [0.2, 0.25) is 10.0 Å². The summed E-state index contributed by atoms with van der Waals surface area (Å²) in [5, 5.41) is 4.50. The maximum Gasteiger partial charge on any atom is 0.277 e. The van der Waals surface area contributed by atoms with Crippen molar-refractivity contribution in [2.45, 2.75) is 6.92 Å². The summed E-state index contributed by atoms with van der Waals surface area (Å²) in [5.41, 5.74) is 3.20. The van der Waals surface area contributed by atoms with Gasteiger partial charge in [-0.05, 0) is 48.9 Å². The van der Waals surface area contributed by atoms with Crippen LogP contribution >= 0.6 is 23.2 Å². The molecule has 1 N–H and O–H groups in total. The number of halogens is 2. The summed E-state index contributed by atoms with van der Waals surface area (Å²) in [6, 6.07) is 12.3. The molecule has 2 aromatic carbocycles. The van der Waals surface area contributed by atoms with Crippen LogP contribution in [0.15, 0.2) is 47.6 Å². The fourth-order valence-corrected chi connectivity index (χ4v) is 2.11. The molecule has 0 aliphatic rings. The zero-order valence-electron chi connectivity index (χ0n) is 13.0. The molecule has 0 aliphatic heterocycles. The molecule has 0 radical (unpaired) electrons. The Kier molecular flexibility index (Phi) is 6.90. The second-order valence-electron chi connectivity index (χ2n) is 4.64. The number of ether oxygens (including phenoxy) is 2. The number of carbonyl (C=O) groups excluding carboxylic acids is 1. The van der Waals surface area contributed by atoms with Crippen molar-refractivity contribution in [3.8, 4) is 11.5 Å². The number of amides is 1. The maximum absolute atomic E-state index is 11.7. The van der Waals surface area contributed by atoms with E-state index in [1.807, 2.05) is 31.2 Å². The van der Waals surface area contributed by atoms with Gasteiger partial charge in [0, 0.05) is 0 Å². The summed E-state index contributed by atoms with van der Waals surface area (Å²) in [6.45, 7) is 2.31. The van der Waals surface area contributed by atoms with Gasteiger partial charge in [-0.2, -0.15) is 5.10 Å². The number of nitrogens with zero attached hydrogens (tertiary/aromatic N) is 1. The lowest BCUT2D eigenvalue weighted by molar-refractivity contribution is -0.123. The van der Waals surface area contributed by atoms with Crippen LogP contribution in [0.1, 0.15) is 12.5 Å². The smallest absolute Gasteiger partial charge is 0.277 e. The van der Waals surface area contributed by atoms with Gasteiger partial charge < -0.3 is 9.47 Å². The van der Waals surface area contributed by atoms with Gasteiger partial charge in [-0.3, -0.25) is 4.79 Å². The lowest BCUT2D eigenvalue weighted by Gasteiger charge is -2.07. The van der Waals surface area contributed by atoms with Crippen molar-refractivity contribution in [3.05, 3.63) is 58.1 Å². The minimum Gasteiger partial charge on any atom is -0.494 e. The molecule has 2 rings (SSSR count). The zero-order chi connectivity index (χ0) is 17.4. The van der Waals surface area contributed by atoms with E-state index in [0.717, 1.165) is 11.3 Å². The molecule has 0 aliphatic carbocycles. The SMILES string of the molecule is CCOc1ccc(/C=N\NC(=O)COc2cccc(Cl)c2Cl)cc1. The standard InChI is InChI=1S/C17H16Cl2N2O3/c1-2-23-13-8-6-12(7-9-13)10-20-21-16(22)11-24-15-5-3-4-14(18)17(15)19/h3-10H,2,11H2,1H3,(H,21,22)/b20-10-. The second-order valence-corrected chi connectivity index (χ2v) is 5.42. The Balaban J connectivity index is 1.81. The summed E-state index contributed by atoms with van der Waals surface area (Å²) in [5.74, 6) is 0.716. The van der Waals surface area contributed by atoms with Crippen molar-refractivity contribution in [3.63, 3.8) is 0 Å². The molecular formula is C17H16Cl2N2O3. The molecule has 0 saturated heterocycles. The van der Waals surface area contributed by atoms with Crippen molar-refractivity contribution in [2.75, 3.05) is 13.2 Å². The van der Waals surface area contributed by atoms with Gasteiger partial charge in [0.15, 0.2) is 6.61 Å². The minimum absolute atomic E-state index is 0.222. The van der Waals surface area contributed by atoms with Crippen LogP contribution in [0.4, 0.5) is 0 Å². The molecule has 0 atom stereocenters. The molecule has 1 amide bonds. The lowest BCUT2D eigenvalue weighted by atomic mass is 10.2. The van der Waals surface area contributed by atoms with Crippen molar-refractivity contribution in [1.29, 1.82) is 0 Å². The van der Waals surface area contributed by atoms with Gasteiger partial charge in [0.2, 0.25) is 0 Å². The van der Waals surface area contributed by atoms with Crippen LogP contribution in [0.5, 0.6) is 11.5 Å². The van der Waals surface area contributed by atoms with Gasteiger partial charge in [0.1, 0.15) is 16.5 Å². The third-order valence-electron chi connectivity index (χ3n) is 2.87. The fraction of sp³-hybridized carbons (Fsp3) is 0.176. The van der Waals surface area contributed by atoms with Crippen molar-refractivity contribution >= 4 is 35.3 Å². The van der Waals surface area contributed by atoms with Crippen molar-refractivity contribution < 1.29 is 14.3 Å². The number of nitrogens with one attached hydrogen (secondary N) is 1. The number of hydrogen-bond donors (Lipinski definition) is 1. The molecule has 0 bridgehead atoms. The topological polar surface area (TPSA) is 59.9 Å². The predicted molar refractivity (Wildman–Crippen MR) is 95.3 cm³/mol. The summed E-state index contributed by atoms with van der Waals surface area (Å²) in [7, 11) is 0. The average molecular weight is 367 g/mol. The third kappa shape index (κ3) is 5.44. The molecule has 0 saturated carbocycles. The number of hydrazone groups is 1. The number of hydrogen-bond acceptors (Lipinski definition) is 4. The predicted octanol–water partition coefficient (Wildman–Crippen LogP) is 3.92. The third-order valence-corrected chi connectivity index (χ3v) is 3.67. The Morgan fingerprint density at radius 3 is 2.62 bits per heavy atom. The van der Waals surface area contributed by atoms with Crippen LogP contribution in [-0.2, 0) is 4.79 Å². The Morgan fingerprint density at radius 1 is 1.17 bits per heavy atom. The Morgan fingerprint density at radius 2 is 1.92 bits per heavy atom. The van der Waals surface area contributed by atoms with Gasteiger partial charge in [-0.1, -0.05) is 29.3 Å². The molecule has 5 nitrogen and oxygen atoms in total. The first kappa shape index (κ1) is 18.1. The van der Waals surface area contributed by atoms with E-state index in [1.165, 1.54) is 6.21 Å². The van der Waals surface area contributed by atoms with Crippen molar-refractivity contribution in [1.82, 2.24) is 5.43 Å². The first-order valence-corrected chi connectivity index (χ1v) is 7.97. The summed E-state index contributed by atoms with van der Waals surface area (Å²) in [4.78, 5) is 11.7. The molecular weight excluding hydrogens is 351 g/mol. The van der Waals surface area contributed by atoms with Gasteiger partial charge in [-0.15, -0.1) is 0 Å². The van der Waals surface area contributed by atoms with Gasteiger partial charge in [0.25, 0.3) is 5.91 Å². The monoisotopic (exact) mass is 366 g/mol. The largest absolute Gasteiger partial charge is 0.494 e. The Bertz CT molecular complexity index is 718. The van der Waals surface area contributed by atoms with E-state index in [2.05, 4.69) is 10.5 Å². The normalized spacial score (nSPS) is 10.6. The Hall–Kier alpha value is -2.24. The molecule has 0 fully saturated rings. The maximum atomic E-state index is 11.7. The van der Waals surface area contributed by atoms with Crippen LogP contribution in [0, 0.1) is 0 Å². The van der Waals surface area contributed by atoms with E-state index in [9.17, 15) is 4.79 Å². The van der Waals surface area contributed by atoms with Gasteiger partial charge >= 0.3 is 0 Å². The number of benzene rings is 2. The lowest BCUT2D eigenvalue weighted by Crippen LogP contribution is -2.24. The summed E-state index contributed by atoms with van der Waals surface area (Å²) in [6.07, 6.45) is 1.53. The molecule has 0 heterocycles. The van der Waals surface area contributed by atoms with Gasteiger partial charge in [-0.25, -0.2) is 5.43 Å². The molecule has 0 unspecified atom stereocenters. The molecule has 0 aromatic heterocycles. The highest BCUT2D eigenvalue weighted by Gasteiger charge is 2.07. The highest BCUT2D eigenvalue weighted by Crippen LogP contribution is 2.31. The Labute approximate surface area is 150 Å². The minimum atomic E-state index is -0.409. The van der Waals surface area contributed by atoms with E-state index < -0.39 is 5.91 Å². The zero-order valence-corrected chi connectivity index (χ0v) is 14.5. The van der Waals surface area contributed by atoms with Crippen LogP contribution in [-0.4, -0.2) is 25.3 Å². The van der Waals surface area contributed by atoms with Gasteiger partial charge in [0.05, 0.1) is 17.8 Å². The second kappa shape index (κ2) is 9.15. The van der Waals surface area contributed by atoms with E-state index in [4.69, 9.17) is 32.7 Å².